The van der Waals surface area contributed by atoms with Crippen LogP contribution in [0.15, 0.2) is 12.1 Å². The quantitative estimate of drug-likeness (QED) is 0.725. The van der Waals surface area contributed by atoms with E-state index in [9.17, 15) is 5.11 Å². The number of rotatable bonds is 0. The van der Waals surface area contributed by atoms with Crippen molar-refractivity contribution in [2.45, 2.75) is 0 Å². The number of phenolic OH excluding ortho intramolecular Hbond substituents is 1. The maximum atomic E-state index is 9.24. The molecule has 0 radical (unpaired) electrons. The van der Waals surface area contributed by atoms with E-state index < -0.39 is 0 Å². The highest BCUT2D eigenvalue weighted by Crippen LogP contribution is 2.40. The van der Waals surface area contributed by atoms with Gasteiger partial charge in [0.2, 0.25) is 6.79 Å². The fraction of sp³-hybridized carbons (Fsp3) is 0.143. The first-order valence-corrected chi connectivity index (χ1v) is 4.14. The molecule has 0 aliphatic carbocycles. The summed E-state index contributed by atoms with van der Waals surface area (Å²) in [6, 6.07) is 3.29. The minimum absolute atomic E-state index is 0.231. The molecular formula is C7H5IO3. The molecule has 1 aliphatic rings. The second-order valence-corrected chi connectivity index (χ2v) is 3.21. The second-order valence-electron chi connectivity index (χ2n) is 2.13. The Morgan fingerprint density at radius 3 is 3.00 bits per heavy atom. The lowest BCUT2D eigenvalue weighted by Crippen LogP contribution is -1.93. The van der Waals surface area contributed by atoms with E-state index in [1.54, 1.807) is 12.1 Å². The Labute approximate surface area is 77.1 Å². The molecule has 0 bridgehead atoms. The Kier molecular flexibility index (Phi) is 1.56. The van der Waals surface area contributed by atoms with Crippen LogP contribution in [-0.4, -0.2) is 11.9 Å². The van der Waals surface area contributed by atoms with Gasteiger partial charge in [-0.2, -0.15) is 0 Å². The molecule has 0 saturated carbocycles. The summed E-state index contributed by atoms with van der Waals surface area (Å²) < 4.78 is 10.9. The fourth-order valence-electron chi connectivity index (χ4n) is 0.928. The molecule has 1 aromatic rings. The van der Waals surface area contributed by atoms with Gasteiger partial charge in [0.15, 0.2) is 11.5 Å². The molecule has 1 aliphatic heterocycles. The van der Waals surface area contributed by atoms with E-state index in [-0.39, 0.29) is 12.5 Å². The van der Waals surface area contributed by atoms with Gasteiger partial charge in [0.05, 0.1) is 0 Å². The Bertz CT molecular complexity index is 298. The van der Waals surface area contributed by atoms with Gasteiger partial charge in [0.25, 0.3) is 0 Å². The van der Waals surface area contributed by atoms with Gasteiger partial charge < -0.3 is 14.6 Å². The molecule has 1 aromatic carbocycles. The molecule has 0 fully saturated rings. The lowest BCUT2D eigenvalue weighted by Gasteiger charge is -1.99. The van der Waals surface area contributed by atoms with Crippen LogP contribution in [0.4, 0.5) is 0 Å². The molecule has 2 rings (SSSR count). The molecule has 3 nitrogen and oxygen atoms in total. The summed E-state index contributed by atoms with van der Waals surface area (Å²) >= 11 is 2.02. The van der Waals surface area contributed by atoms with Crippen LogP contribution >= 0.6 is 22.6 Å². The Balaban J connectivity index is 2.62. The molecular weight excluding hydrogens is 259 g/mol. The number of fused-ring (bicyclic) bond motifs is 1. The molecule has 0 spiro atoms. The minimum atomic E-state index is 0.231. The van der Waals surface area contributed by atoms with Crippen molar-refractivity contribution in [3.05, 3.63) is 15.7 Å². The first-order valence-electron chi connectivity index (χ1n) is 3.06. The number of benzene rings is 1. The topological polar surface area (TPSA) is 38.7 Å². The second kappa shape index (κ2) is 2.44. The van der Waals surface area contributed by atoms with Gasteiger partial charge in [-0.1, -0.05) is 0 Å². The molecule has 58 valence electrons. The molecule has 0 unspecified atom stereocenters. The zero-order valence-corrected chi connectivity index (χ0v) is 7.66. The van der Waals surface area contributed by atoms with Crippen LogP contribution in [0.2, 0.25) is 0 Å². The van der Waals surface area contributed by atoms with Crippen molar-refractivity contribution in [3.63, 3.8) is 0 Å². The average molecular weight is 264 g/mol. The summed E-state index contributed by atoms with van der Waals surface area (Å²) in [6.07, 6.45) is 0. The third-order valence-electron chi connectivity index (χ3n) is 1.46. The van der Waals surface area contributed by atoms with Crippen LogP contribution in [-0.2, 0) is 0 Å². The van der Waals surface area contributed by atoms with E-state index in [0.29, 0.717) is 15.1 Å². The first-order chi connectivity index (χ1) is 5.29. The monoisotopic (exact) mass is 264 g/mol. The smallest absolute Gasteiger partial charge is 0.231 e. The van der Waals surface area contributed by atoms with Crippen molar-refractivity contribution >= 4 is 22.6 Å². The highest BCUT2D eigenvalue weighted by molar-refractivity contribution is 14.1. The summed E-state index contributed by atoms with van der Waals surface area (Å²) in [4.78, 5) is 0. The van der Waals surface area contributed by atoms with E-state index in [0.717, 1.165) is 0 Å². The highest BCUT2D eigenvalue weighted by atomic mass is 127. The molecule has 1 N–H and O–H groups in total. The molecule has 0 saturated heterocycles. The summed E-state index contributed by atoms with van der Waals surface area (Å²) in [5.41, 5.74) is 0. The van der Waals surface area contributed by atoms with Gasteiger partial charge in [-0.15, -0.1) is 0 Å². The van der Waals surface area contributed by atoms with Crippen molar-refractivity contribution in [1.82, 2.24) is 0 Å². The molecule has 11 heavy (non-hydrogen) atoms. The van der Waals surface area contributed by atoms with E-state index in [1.807, 2.05) is 22.6 Å². The van der Waals surface area contributed by atoms with Crippen molar-refractivity contribution in [3.8, 4) is 17.2 Å². The predicted molar refractivity (Wildman–Crippen MR) is 46.9 cm³/mol. The van der Waals surface area contributed by atoms with Gasteiger partial charge in [-0.3, -0.25) is 0 Å². The lowest BCUT2D eigenvalue weighted by atomic mass is 10.3. The maximum Gasteiger partial charge on any atom is 0.231 e. The van der Waals surface area contributed by atoms with Gasteiger partial charge in [0, 0.05) is 0 Å². The minimum Gasteiger partial charge on any atom is -0.507 e. The zero-order valence-electron chi connectivity index (χ0n) is 5.50. The molecule has 0 aromatic heterocycles. The molecule has 0 atom stereocenters. The largest absolute Gasteiger partial charge is 0.507 e. The Morgan fingerprint density at radius 1 is 1.36 bits per heavy atom. The highest BCUT2D eigenvalue weighted by Gasteiger charge is 2.18. The standard InChI is InChI=1S/C7H5IO3/c8-6-4(9)1-2-5-7(6)11-3-10-5/h1-2,9H,3H2. The number of phenols is 1. The molecule has 4 heteroatoms. The SMILES string of the molecule is Oc1ccc2c(c1I)OCO2. The number of hydrogen-bond donors (Lipinski definition) is 1. The Morgan fingerprint density at radius 2 is 2.18 bits per heavy atom. The van der Waals surface area contributed by atoms with E-state index in [1.165, 1.54) is 0 Å². The van der Waals surface area contributed by atoms with Crippen molar-refractivity contribution < 1.29 is 14.6 Å². The van der Waals surface area contributed by atoms with Gasteiger partial charge >= 0.3 is 0 Å². The third kappa shape index (κ3) is 1.01. The van der Waals surface area contributed by atoms with Crippen molar-refractivity contribution in [2.24, 2.45) is 0 Å². The number of aromatic hydroxyl groups is 1. The first kappa shape index (κ1) is 7.02. The van der Waals surface area contributed by atoms with Gasteiger partial charge in [0.1, 0.15) is 9.32 Å². The van der Waals surface area contributed by atoms with Crippen LogP contribution in [0.5, 0.6) is 17.2 Å². The van der Waals surface area contributed by atoms with Crippen molar-refractivity contribution in [1.29, 1.82) is 0 Å². The summed E-state index contributed by atoms with van der Waals surface area (Å²) in [5.74, 6) is 1.58. The fourth-order valence-corrected chi connectivity index (χ4v) is 1.53. The van der Waals surface area contributed by atoms with Crippen LogP contribution in [0, 0.1) is 3.57 Å². The van der Waals surface area contributed by atoms with Crippen LogP contribution in [0.3, 0.4) is 0 Å². The summed E-state index contributed by atoms with van der Waals surface area (Å²) in [7, 11) is 0. The van der Waals surface area contributed by atoms with E-state index in [2.05, 4.69) is 0 Å². The van der Waals surface area contributed by atoms with Crippen LogP contribution < -0.4 is 9.47 Å². The predicted octanol–water partition coefficient (Wildman–Crippen LogP) is 1.73. The van der Waals surface area contributed by atoms with Crippen LogP contribution in [0.25, 0.3) is 0 Å². The van der Waals surface area contributed by atoms with Crippen molar-refractivity contribution in [2.75, 3.05) is 6.79 Å². The number of halogens is 1. The third-order valence-corrected chi connectivity index (χ3v) is 2.50. The maximum absolute atomic E-state index is 9.24. The molecule has 0 amide bonds. The lowest BCUT2D eigenvalue weighted by molar-refractivity contribution is 0.173. The van der Waals surface area contributed by atoms with Gasteiger partial charge in [-0.25, -0.2) is 0 Å². The summed E-state index contributed by atoms with van der Waals surface area (Å²) in [5, 5.41) is 9.24. The van der Waals surface area contributed by atoms with E-state index >= 15 is 0 Å². The number of hydrogen-bond acceptors (Lipinski definition) is 3. The average Bonchev–Trinajstić information content (AvgIpc) is 2.45. The molecule has 1 heterocycles. The number of ether oxygens (including phenoxy) is 2. The normalized spacial score (nSPS) is 13.5. The zero-order chi connectivity index (χ0) is 7.84. The summed E-state index contributed by atoms with van der Waals surface area (Å²) in [6.45, 7) is 0.245. The van der Waals surface area contributed by atoms with Gasteiger partial charge in [-0.05, 0) is 34.7 Å². The van der Waals surface area contributed by atoms with E-state index in [4.69, 9.17) is 9.47 Å². The van der Waals surface area contributed by atoms with Crippen LogP contribution in [0.1, 0.15) is 0 Å². The Hall–Kier alpha value is -0.650.